The summed E-state index contributed by atoms with van der Waals surface area (Å²) in [7, 11) is 0. The van der Waals surface area contributed by atoms with Crippen LogP contribution >= 0.6 is 35.0 Å². The van der Waals surface area contributed by atoms with E-state index in [-0.39, 0.29) is 22.2 Å². The molecule has 7 nitrogen and oxygen atoms in total. The number of nitrogens with zero attached hydrogens (tertiary/aromatic N) is 4. The molecular formula is C21H16Cl2FN5O2S. The Hall–Kier alpha value is -2.88. The zero-order valence-electron chi connectivity index (χ0n) is 16.5. The normalized spacial score (nSPS) is 11.1. The predicted molar refractivity (Wildman–Crippen MR) is 124 cm³/mol. The van der Waals surface area contributed by atoms with Gasteiger partial charge in [-0.2, -0.15) is 5.10 Å². The van der Waals surface area contributed by atoms with Crippen LogP contribution < -0.4 is 10.9 Å². The number of aromatic nitrogens is 4. The first-order chi connectivity index (χ1) is 15.4. The lowest BCUT2D eigenvalue weighted by Gasteiger charge is -2.13. The third kappa shape index (κ3) is 5.12. The maximum Gasteiger partial charge on any atom is 0.262 e. The van der Waals surface area contributed by atoms with Crippen LogP contribution in [-0.4, -0.2) is 31.0 Å². The fourth-order valence-corrected chi connectivity index (χ4v) is 4.18. The Labute approximate surface area is 196 Å². The van der Waals surface area contributed by atoms with Crippen molar-refractivity contribution >= 4 is 57.5 Å². The highest BCUT2D eigenvalue weighted by molar-refractivity contribution is 7.99. The van der Waals surface area contributed by atoms with Gasteiger partial charge in [-0.05, 0) is 30.3 Å². The third-order valence-electron chi connectivity index (χ3n) is 4.52. The quantitative estimate of drug-likeness (QED) is 0.304. The summed E-state index contributed by atoms with van der Waals surface area (Å²) in [5.74, 6) is -0.916. The van der Waals surface area contributed by atoms with Crippen molar-refractivity contribution < 1.29 is 9.18 Å². The Bertz CT molecular complexity index is 1360. The lowest BCUT2D eigenvalue weighted by molar-refractivity contribution is -0.113. The fraction of sp³-hybridized carbons (Fsp3) is 0.143. The summed E-state index contributed by atoms with van der Waals surface area (Å²) in [6.07, 6.45) is 3.18. The molecule has 0 spiro atoms. The first-order valence-electron chi connectivity index (χ1n) is 9.46. The summed E-state index contributed by atoms with van der Waals surface area (Å²) in [6, 6.07) is 11.0. The molecule has 0 saturated carbocycles. The van der Waals surface area contributed by atoms with E-state index in [0.717, 1.165) is 11.8 Å². The number of anilines is 1. The molecule has 1 amide bonds. The van der Waals surface area contributed by atoms with Crippen molar-refractivity contribution in [3.63, 3.8) is 0 Å². The molecule has 0 aliphatic rings. The number of benzene rings is 2. The molecule has 2 aromatic heterocycles. The van der Waals surface area contributed by atoms with Gasteiger partial charge in [-0.1, -0.05) is 47.1 Å². The highest BCUT2D eigenvalue weighted by Gasteiger charge is 2.14. The van der Waals surface area contributed by atoms with Crippen molar-refractivity contribution in [1.82, 2.24) is 19.3 Å². The number of carbonyl (C=O) groups is 1. The maximum absolute atomic E-state index is 13.3. The number of hydrogen-bond donors (Lipinski definition) is 1. The van der Waals surface area contributed by atoms with Crippen LogP contribution in [0, 0.1) is 5.82 Å². The molecule has 0 atom stereocenters. The van der Waals surface area contributed by atoms with E-state index in [2.05, 4.69) is 15.4 Å². The summed E-state index contributed by atoms with van der Waals surface area (Å²) < 4.78 is 16.5. The fourth-order valence-electron chi connectivity index (χ4n) is 3.02. The Morgan fingerprint density at radius 2 is 1.97 bits per heavy atom. The highest BCUT2D eigenvalue weighted by atomic mass is 35.5. The molecule has 0 bridgehead atoms. The minimum absolute atomic E-state index is 0.00657. The van der Waals surface area contributed by atoms with Crippen molar-refractivity contribution in [3.8, 4) is 0 Å². The molecule has 1 N–H and O–H groups in total. The smallest absolute Gasteiger partial charge is 0.262 e. The first kappa shape index (κ1) is 22.3. The van der Waals surface area contributed by atoms with Gasteiger partial charge in [0, 0.05) is 18.4 Å². The number of amides is 1. The zero-order valence-corrected chi connectivity index (χ0v) is 18.8. The van der Waals surface area contributed by atoms with Gasteiger partial charge in [0.25, 0.3) is 5.56 Å². The maximum atomic E-state index is 13.3. The van der Waals surface area contributed by atoms with Gasteiger partial charge >= 0.3 is 0 Å². The standard InChI is InChI=1S/C21H16Cl2FN5O2S/c22-13-10-25-28(11-13)7-8-29-20(31)15-3-1-2-4-18(15)27-21(29)32-12-19(30)26-14-5-6-17(24)16(23)9-14/h1-6,9-11H,7-8,12H2,(H,26,30). The van der Waals surface area contributed by atoms with E-state index in [9.17, 15) is 14.0 Å². The minimum Gasteiger partial charge on any atom is -0.325 e. The Morgan fingerprint density at radius 3 is 2.72 bits per heavy atom. The number of fused-ring (bicyclic) bond motifs is 1. The molecule has 0 unspecified atom stereocenters. The van der Waals surface area contributed by atoms with Crippen molar-refractivity contribution in [1.29, 1.82) is 0 Å². The Balaban J connectivity index is 1.55. The van der Waals surface area contributed by atoms with Crippen molar-refractivity contribution in [3.05, 3.63) is 81.1 Å². The van der Waals surface area contributed by atoms with Crippen LogP contribution in [0.2, 0.25) is 10.0 Å². The molecule has 2 aromatic carbocycles. The van der Waals surface area contributed by atoms with E-state index in [0.29, 0.717) is 39.9 Å². The molecule has 32 heavy (non-hydrogen) atoms. The van der Waals surface area contributed by atoms with Crippen LogP contribution in [0.4, 0.5) is 10.1 Å². The number of aryl methyl sites for hydroxylation is 1. The molecule has 0 saturated heterocycles. The van der Waals surface area contributed by atoms with Gasteiger partial charge in [0.1, 0.15) is 5.82 Å². The lowest BCUT2D eigenvalue weighted by Crippen LogP contribution is -2.26. The monoisotopic (exact) mass is 491 g/mol. The third-order valence-corrected chi connectivity index (χ3v) is 5.98. The Morgan fingerprint density at radius 1 is 1.16 bits per heavy atom. The number of halogens is 3. The van der Waals surface area contributed by atoms with Crippen LogP contribution in [-0.2, 0) is 17.9 Å². The van der Waals surface area contributed by atoms with E-state index in [1.54, 1.807) is 35.1 Å². The second-order valence-electron chi connectivity index (χ2n) is 6.76. The van der Waals surface area contributed by atoms with Crippen molar-refractivity contribution in [2.45, 2.75) is 18.2 Å². The number of rotatable bonds is 7. The molecule has 2 heterocycles. The van der Waals surface area contributed by atoms with Gasteiger partial charge < -0.3 is 5.32 Å². The molecule has 164 valence electrons. The summed E-state index contributed by atoms with van der Waals surface area (Å²) in [6.45, 7) is 0.701. The van der Waals surface area contributed by atoms with Gasteiger partial charge in [0.2, 0.25) is 5.91 Å². The van der Waals surface area contributed by atoms with Gasteiger partial charge in [0.15, 0.2) is 5.16 Å². The van der Waals surface area contributed by atoms with Crippen LogP contribution in [0.5, 0.6) is 0 Å². The van der Waals surface area contributed by atoms with E-state index in [1.807, 2.05) is 0 Å². The predicted octanol–water partition coefficient (Wildman–Crippen LogP) is 4.47. The van der Waals surface area contributed by atoms with Gasteiger partial charge in [-0.25, -0.2) is 9.37 Å². The van der Waals surface area contributed by atoms with Crippen LogP contribution in [0.3, 0.4) is 0 Å². The molecule has 4 rings (SSSR count). The molecular weight excluding hydrogens is 476 g/mol. The van der Waals surface area contributed by atoms with Gasteiger partial charge in [-0.3, -0.25) is 18.8 Å². The number of carbonyl (C=O) groups excluding carboxylic acids is 1. The van der Waals surface area contributed by atoms with Crippen LogP contribution in [0.25, 0.3) is 10.9 Å². The van der Waals surface area contributed by atoms with Crippen LogP contribution in [0.15, 0.2) is 64.8 Å². The molecule has 0 aliphatic heterocycles. The summed E-state index contributed by atoms with van der Waals surface area (Å²) in [5, 5.41) is 8.09. The average molecular weight is 492 g/mol. The molecule has 11 heteroatoms. The Kier molecular flexibility index (Phi) is 6.78. The first-order valence-corrected chi connectivity index (χ1v) is 11.2. The number of thioether (sulfide) groups is 1. The number of para-hydroxylation sites is 1. The summed E-state index contributed by atoms with van der Waals surface area (Å²) >= 11 is 12.8. The molecule has 0 radical (unpaired) electrons. The second kappa shape index (κ2) is 9.72. The lowest BCUT2D eigenvalue weighted by atomic mass is 10.2. The van der Waals surface area contributed by atoms with E-state index in [4.69, 9.17) is 23.2 Å². The summed E-state index contributed by atoms with van der Waals surface area (Å²) in [4.78, 5) is 30.1. The number of nitrogens with one attached hydrogen (secondary N) is 1. The van der Waals surface area contributed by atoms with Crippen molar-refractivity contribution in [2.75, 3.05) is 11.1 Å². The van der Waals surface area contributed by atoms with Crippen LogP contribution in [0.1, 0.15) is 0 Å². The topological polar surface area (TPSA) is 81.8 Å². The van der Waals surface area contributed by atoms with Gasteiger partial charge in [0.05, 0.1) is 39.4 Å². The minimum atomic E-state index is -0.568. The molecule has 0 aliphatic carbocycles. The highest BCUT2D eigenvalue weighted by Crippen LogP contribution is 2.21. The second-order valence-corrected chi connectivity index (χ2v) is 8.54. The van der Waals surface area contributed by atoms with Gasteiger partial charge in [-0.15, -0.1) is 0 Å². The zero-order chi connectivity index (χ0) is 22.7. The SMILES string of the molecule is O=C(CSc1nc2ccccc2c(=O)n1CCn1cc(Cl)cn1)Nc1ccc(F)c(Cl)c1. The average Bonchev–Trinajstić information content (AvgIpc) is 3.19. The van der Waals surface area contributed by atoms with E-state index in [1.165, 1.54) is 29.0 Å². The van der Waals surface area contributed by atoms with Crippen molar-refractivity contribution in [2.24, 2.45) is 0 Å². The van der Waals surface area contributed by atoms with E-state index < -0.39 is 5.82 Å². The molecule has 4 aromatic rings. The van der Waals surface area contributed by atoms with E-state index >= 15 is 0 Å². The molecule has 0 fully saturated rings. The largest absolute Gasteiger partial charge is 0.325 e. The number of hydrogen-bond acceptors (Lipinski definition) is 5. The summed E-state index contributed by atoms with van der Waals surface area (Å²) in [5.41, 5.74) is 0.715.